The molecular formula is C20H29N3O4S. The molecule has 0 aromatic heterocycles. The number of nitrogens with zero attached hydrogens (tertiary/aromatic N) is 2. The molecule has 0 radical (unpaired) electrons. The van der Waals surface area contributed by atoms with E-state index in [2.05, 4.69) is 5.32 Å². The van der Waals surface area contributed by atoms with Gasteiger partial charge in [-0.1, -0.05) is 51.1 Å². The number of hydrogen-bond acceptors (Lipinski definition) is 5. The Hall–Kier alpha value is -1.93. The van der Waals surface area contributed by atoms with Crippen molar-refractivity contribution in [3.63, 3.8) is 0 Å². The highest BCUT2D eigenvalue weighted by Crippen LogP contribution is 2.33. The minimum atomic E-state index is -3.05. The molecule has 0 saturated carbocycles. The standard InChI is InChI=1S/C20H29N3O4S/c1-4-20(16-8-6-5-7-9-16)18(24)23(19(25)21-20)14-22(12-15(2)3)17-10-11-28(26,27)13-17/h5-9,15,17H,4,10-14H2,1-3H3,(H,21,25). The fraction of sp³-hybridized carbons (Fsp3) is 0.600. The number of urea groups is 1. The molecule has 1 aromatic carbocycles. The molecule has 1 aromatic rings. The largest absolute Gasteiger partial charge is 0.326 e. The quantitative estimate of drug-likeness (QED) is 0.698. The highest BCUT2D eigenvalue weighted by molar-refractivity contribution is 7.91. The van der Waals surface area contributed by atoms with Gasteiger partial charge in [0.25, 0.3) is 5.91 Å². The topological polar surface area (TPSA) is 86.8 Å². The maximum atomic E-state index is 13.3. The average molecular weight is 408 g/mol. The Morgan fingerprint density at radius 3 is 2.46 bits per heavy atom. The van der Waals surface area contributed by atoms with Crippen LogP contribution in [0, 0.1) is 5.92 Å². The van der Waals surface area contributed by atoms with Gasteiger partial charge in [-0.05, 0) is 24.3 Å². The van der Waals surface area contributed by atoms with Gasteiger partial charge in [0.1, 0.15) is 5.54 Å². The fourth-order valence-electron chi connectivity index (χ4n) is 4.15. The van der Waals surface area contributed by atoms with Gasteiger partial charge < -0.3 is 5.32 Å². The zero-order valence-electron chi connectivity index (χ0n) is 16.7. The number of benzene rings is 1. The number of amides is 3. The first-order valence-electron chi connectivity index (χ1n) is 9.82. The van der Waals surface area contributed by atoms with E-state index in [0.717, 1.165) is 5.56 Å². The molecule has 2 saturated heterocycles. The number of sulfone groups is 1. The molecule has 3 amide bonds. The Balaban J connectivity index is 1.85. The minimum Gasteiger partial charge on any atom is -0.319 e. The molecule has 154 valence electrons. The van der Waals surface area contributed by atoms with E-state index in [4.69, 9.17) is 0 Å². The summed E-state index contributed by atoms with van der Waals surface area (Å²) < 4.78 is 23.9. The van der Waals surface area contributed by atoms with Crippen LogP contribution < -0.4 is 5.32 Å². The van der Waals surface area contributed by atoms with Crippen molar-refractivity contribution in [2.24, 2.45) is 5.92 Å². The number of rotatable bonds is 7. The van der Waals surface area contributed by atoms with E-state index in [0.29, 0.717) is 19.4 Å². The van der Waals surface area contributed by atoms with E-state index in [1.807, 2.05) is 56.0 Å². The van der Waals surface area contributed by atoms with Crippen molar-refractivity contribution in [1.29, 1.82) is 0 Å². The molecule has 7 nitrogen and oxygen atoms in total. The van der Waals surface area contributed by atoms with Gasteiger partial charge >= 0.3 is 6.03 Å². The van der Waals surface area contributed by atoms with Gasteiger partial charge in [0.2, 0.25) is 0 Å². The Bertz CT molecular complexity index is 840. The predicted octanol–water partition coefficient (Wildman–Crippen LogP) is 1.95. The van der Waals surface area contributed by atoms with Crippen molar-refractivity contribution >= 4 is 21.8 Å². The maximum absolute atomic E-state index is 13.3. The third-order valence-electron chi connectivity index (χ3n) is 5.62. The van der Waals surface area contributed by atoms with Gasteiger partial charge in [0.15, 0.2) is 9.84 Å². The zero-order valence-corrected chi connectivity index (χ0v) is 17.5. The summed E-state index contributed by atoms with van der Waals surface area (Å²) in [6, 6.07) is 8.68. The van der Waals surface area contributed by atoms with Gasteiger partial charge in [0.05, 0.1) is 18.2 Å². The summed E-state index contributed by atoms with van der Waals surface area (Å²) in [6.45, 7) is 6.70. The van der Waals surface area contributed by atoms with Crippen LogP contribution in [0.4, 0.5) is 4.79 Å². The molecule has 3 rings (SSSR count). The summed E-state index contributed by atoms with van der Waals surface area (Å²) in [4.78, 5) is 29.3. The fourth-order valence-corrected chi connectivity index (χ4v) is 5.91. The number of hydrogen-bond donors (Lipinski definition) is 1. The van der Waals surface area contributed by atoms with E-state index >= 15 is 0 Å². The smallest absolute Gasteiger partial charge is 0.319 e. The lowest BCUT2D eigenvalue weighted by Gasteiger charge is -2.33. The molecular weight excluding hydrogens is 378 g/mol. The predicted molar refractivity (Wildman–Crippen MR) is 107 cm³/mol. The molecule has 2 aliphatic heterocycles. The second-order valence-electron chi connectivity index (χ2n) is 8.15. The van der Waals surface area contributed by atoms with E-state index in [1.54, 1.807) is 0 Å². The van der Waals surface area contributed by atoms with E-state index in [9.17, 15) is 18.0 Å². The van der Waals surface area contributed by atoms with E-state index < -0.39 is 21.4 Å². The first-order chi connectivity index (χ1) is 13.2. The summed E-state index contributed by atoms with van der Waals surface area (Å²) in [6.07, 6.45) is 0.983. The molecule has 28 heavy (non-hydrogen) atoms. The average Bonchev–Trinajstić information content (AvgIpc) is 3.13. The molecule has 1 N–H and O–H groups in total. The summed E-state index contributed by atoms with van der Waals surface area (Å²) in [5.41, 5.74) is -0.305. The van der Waals surface area contributed by atoms with E-state index in [-0.39, 0.29) is 36.0 Å². The van der Waals surface area contributed by atoms with Gasteiger partial charge in [-0.3, -0.25) is 9.69 Å². The highest BCUT2D eigenvalue weighted by atomic mass is 32.2. The normalized spacial score (nSPS) is 27.0. The van der Waals surface area contributed by atoms with Gasteiger partial charge in [-0.25, -0.2) is 18.1 Å². The minimum absolute atomic E-state index is 0.0843. The van der Waals surface area contributed by atoms with Crippen LogP contribution in [0.2, 0.25) is 0 Å². The summed E-state index contributed by atoms with van der Waals surface area (Å²) in [5.74, 6) is 0.256. The van der Waals surface area contributed by atoms with Crippen LogP contribution >= 0.6 is 0 Å². The zero-order chi connectivity index (χ0) is 20.5. The third kappa shape index (κ3) is 3.93. The summed E-state index contributed by atoms with van der Waals surface area (Å²) in [5, 5.41) is 2.89. The molecule has 0 spiro atoms. The lowest BCUT2D eigenvalue weighted by atomic mass is 9.87. The van der Waals surface area contributed by atoms with Crippen molar-refractivity contribution in [3.05, 3.63) is 35.9 Å². The Morgan fingerprint density at radius 1 is 1.25 bits per heavy atom. The van der Waals surface area contributed by atoms with Crippen LogP contribution in [0.5, 0.6) is 0 Å². The highest BCUT2D eigenvalue weighted by Gasteiger charge is 2.52. The first-order valence-corrected chi connectivity index (χ1v) is 11.6. The van der Waals surface area contributed by atoms with Crippen molar-refractivity contribution in [3.8, 4) is 0 Å². The van der Waals surface area contributed by atoms with Gasteiger partial charge in [-0.2, -0.15) is 0 Å². The monoisotopic (exact) mass is 407 g/mol. The maximum Gasteiger partial charge on any atom is 0.326 e. The molecule has 2 unspecified atom stereocenters. The van der Waals surface area contributed by atoms with E-state index in [1.165, 1.54) is 4.90 Å². The molecule has 2 fully saturated rings. The second kappa shape index (κ2) is 7.83. The molecule has 0 aliphatic carbocycles. The number of imide groups is 1. The van der Waals surface area contributed by atoms with Crippen LogP contribution in [-0.2, 0) is 20.2 Å². The number of nitrogens with one attached hydrogen (secondary N) is 1. The molecule has 2 aliphatic rings. The number of carbonyl (C=O) groups excluding carboxylic acids is 2. The second-order valence-corrected chi connectivity index (χ2v) is 10.4. The van der Waals surface area contributed by atoms with Crippen LogP contribution in [-0.4, -0.2) is 60.9 Å². The van der Waals surface area contributed by atoms with Crippen molar-refractivity contribution in [2.45, 2.75) is 45.2 Å². The van der Waals surface area contributed by atoms with Gasteiger partial charge in [0, 0.05) is 12.6 Å². The van der Waals surface area contributed by atoms with Crippen LogP contribution in [0.25, 0.3) is 0 Å². The Kier molecular flexibility index (Phi) is 5.82. The van der Waals surface area contributed by atoms with Crippen molar-refractivity contribution in [1.82, 2.24) is 15.1 Å². The molecule has 8 heteroatoms. The Morgan fingerprint density at radius 2 is 1.93 bits per heavy atom. The lowest BCUT2D eigenvalue weighted by molar-refractivity contribution is -0.133. The Labute approximate surface area is 167 Å². The number of carbonyl (C=O) groups is 2. The first kappa shape index (κ1) is 20.8. The lowest BCUT2D eigenvalue weighted by Crippen LogP contribution is -2.49. The van der Waals surface area contributed by atoms with Crippen molar-refractivity contribution < 1.29 is 18.0 Å². The summed E-state index contributed by atoms with van der Waals surface area (Å²) in [7, 11) is -3.05. The third-order valence-corrected chi connectivity index (χ3v) is 7.37. The SMILES string of the molecule is CCC1(c2ccccc2)NC(=O)N(CN(CC(C)C)C2CCS(=O)(=O)C2)C1=O. The van der Waals surface area contributed by atoms with Crippen LogP contribution in [0.15, 0.2) is 30.3 Å². The van der Waals surface area contributed by atoms with Crippen LogP contribution in [0.1, 0.15) is 39.2 Å². The van der Waals surface area contributed by atoms with Gasteiger partial charge in [-0.15, -0.1) is 0 Å². The molecule has 2 heterocycles. The molecule has 0 bridgehead atoms. The van der Waals surface area contributed by atoms with Crippen LogP contribution in [0.3, 0.4) is 0 Å². The summed E-state index contributed by atoms with van der Waals surface area (Å²) >= 11 is 0. The molecule has 2 atom stereocenters. The van der Waals surface area contributed by atoms with Crippen molar-refractivity contribution in [2.75, 3.05) is 24.7 Å².